The molecule has 0 saturated heterocycles. The number of carbonyl (C=O) groups excluding carboxylic acids is 1. The van der Waals surface area contributed by atoms with Crippen molar-refractivity contribution < 1.29 is 9.53 Å². The summed E-state index contributed by atoms with van der Waals surface area (Å²) in [5.74, 6) is 1.03. The van der Waals surface area contributed by atoms with Crippen LogP contribution < -0.4 is 16.2 Å². The van der Waals surface area contributed by atoms with Crippen LogP contribution in [0.25, 0.3) is 0 Å². The van der Waals surface area contributed by atoms with Crippen LogP contribution in [0, 0.1) is 0 Å². The lowest BCUT2D eigenvalue weighted by Crippen LogP contribution is -2.20. The van der Waals surface area contributed by atoms with Gasteiger partial charge in [-0.3, -0.25) is 4.79 Å². The van der Waals surface area contributed by atoms with Crippen LogP contribution in [0.4, 0.5) is 0 Å². The minimum Gasteiger partial charge on any atom is -0.457 e. The molecule has 23 heavy (non-hydrogen) atoms. The quantitative estimate of drug-likeness (QED) is 0.884. The van der Waals surface area contributed by atoms with Gasteiger partial charge in [-0.1, -0.05) is 45.0 Å². The van der Waals surface area contributed by atoms with Crippen LogP contribution >= 0.6 is 0 Å². The van der Waals surface area contributed by atoms with Crippen molar-refractivity contribution in [1.29, 1.82) is 0 Å². The molecule has 1 amide bonds. The summed E-state index contributed by atoms with van der Waals surface area (Å²) in [5.41, 5.74) is 13.4. The predicted octanol–water partition coefficient (Wildman–Crippen LogP) is 3.65. The molecule has 0 saturated carbocycles. The molecule has 0 aliphatic carbocycles. The lowest BCUT2D eigenvalue weighted by molar-refractivity contribution is -0.118. The van der Waals surface area contributed by atoms with Crippen LogP contribution in [0.5, 0.6) is 11.5 Å². The fourth-order valence-electron chi connectivity index (χ4n) is 2.30. The van der Waals surface area contributed by atoms with Crippen LogP contribution in [0.2, 0.25) is 0 Å². The molecule has 4 N–H and O–H groups in total. The van der Waals surface area contributed by atoms with E-state index in [0.29, 0.717) is 5.75 Å². The zero-order valence-corrected chi connectivity index (χ0v) is 13.9. The molecular formula is C19H24N2O2. The molecule has 0 bridgehead atoms. The zero-order valence-electron chi connectivity index (χ0n) is 13.9. The molecule has 4 nitrogen and oxygen atoms in total. The SMILES string of the molecule is CC(C)(C)c1ccc(Oc2cccc(C(N)CC(N)=O)c2)cc1. The second-order valence-corrected chi connectivity index (χ2v) is 6.73. The molecule has 0 aliphatic rings. The van der Waals surface area contributed by atoms with Crippen LogP contribution in [0.15, 0.2) is 48.5 Å². The number of nitrogens with two attached hydrogens (primary N) is 2. The van der Waals surface area contributed by atoms with E-state index in [4.69, 9.17) is 16.2 Å². The molecule has 0 spiro atoms. The Labute approximate surface area is 137 Å². The number of hydrogen-bond acceptors (Lipinski definition) is 3. The van der Waals surface area contributed by atoms with E-state index in [-0.39, 0.29) is 11.8 Å². The second-order valence-electron chi connectivity index (χ2n) is 6.73. The van der Waals surface area contributed by atoms with Crippen molar-refractivity contribution in [3.63, 3.8) is 0 Å². The van der Waals surface area contributed by atoms with E-state index in [0.717, 1.165) is 11.3 Å². The fraction of sp³-hybridized carbons (Fsp3) is 0.316. The van der Waals surface area contributed by atoms with E-state index in [1.165, 1.54) is 5.56 Å². The Balaban J connectivity index is 2.13. The van der Waals surface area contributed by atoms with Crippen molar-refractivity contribution in [2.45, 2.75) is 38.6 Å². The molecule has 0 aromatic heterocycles. The van der Waals surface area contributed by atoms with Crippen LogP contribution in [0.1, 0.15) is 44.4 Å². The number of rotatable bonds is 5. The van der Waals surface area contributed by atoms with E-state index >= 15 is 0 Å². The first-order valence-electron chi connectivity index (χ1n) is 7.68. The average Bonchev–Trinajstić information content (AvgIpc) is 2.46. The van der Waals surface area contributed by atoms with Crippen molar-refractivity contribution >= 4 is 5.91 Å². The van der Waals surface area contributed by atoms with Gasteiger partial charge in [0.25, 0.3) is 0 Å². The highest BCUT2D eigenvalue weighted by Crippen LogP contribution is 2.28. The Bertz CT molecular complexity index is 673. The van der Waals surface area contributed by atoms with Gasteiger partial charge in [0.2, 0.25) is 5.91 Å². The monoisotopic (exact) mass is 312 g/mol. The van der Waals surface area contributed by atoms with E-state index in [1.807, 2.05) is 36.4 Å². The normalized spacial score (nSPS) is 12.7. The summed E-state index contributed by atoms with van der Waals surface area (Å²) >= 11 is 0. The summed E-state index contributed by atoms with van der Waals surface area (Å²) in [6.07, 6.45) is 0.115. The Morgan fingerprint density at radius 3 is 2.30 bits per heavy atom. The second kappa shape index (κ2) is 6.84. The Kier molecular flexibility index (Phi) is 5.06. The third kappa shape index (κ3) is 4.83. The summed E-state index contributed by atoms with van der Waals surface area (Å²) in [6, 6.07) is 15.0. The van der Waals surface area contributed by atoms with Gasteiger partial charge in [-0.15, -0.1) is 0 Å². The van der Waals surface area contributed by atoms with Gasteiger partial charge in [-0.05, 0) is 40.8 Å². The minimum atomic E-state index is -0.417. The van der Waals surface area contributed by atoms with Crippen molar-refractivity contribution in [3.05, 3.63) is 59.7 Å². The summed E-state index contributed by atoms with van der Waals surface area (Å²) in [4.78, 5) is 11.0. The first kappa shape index (κ1) is 17.0. The molecule has 2 rings (SSSR count). The lowest BCUT2D eigenvalue weighted by Gasteiger charge is -2.19. The third-order valence-electron chi connectivity index (χ3n) is 3.66. The van der Waals surface area contributed by atoms with Gasteiger partial charge in [0.05, 0.1) is 0 Å². The molecule has 4 heteroatoms. The summed E-state index contributed by atoms with van der Waals surface area (Å²) in [5, 5.41) is 0. The highest BCUT2D eigenvalue weighted by atomic mass is 16.5. The summed E-state index contributed by atoms with van der Waals surface area (Å²) in [6.45, 7) is 6.52. The van der Waals surface area contributed by atoms with Crippen molar-refractivity contribution in [2.24, 2.45) is 11.5 Å². The van der Waals surface area contributed by atoms with Gasteiger partial charge < -0.3 is 16.2 Å². The summed E-state index contributed by atoms with van der Waals surface area (Å²) in [7, 11) is 0. The smallest absolute Gasteiger partial charge is 0.219 e. The maximum atomic E-state index is 11.0. The number of primary amides is 1. The Morgan fingerprint density at radius 1 is 1.09 bits per heavy atom. The van der Waals surface area contributed by atoms with Gasteiger partial charge in [0.15, 0.2) is 0 Å². The maximum absolute atomic E-state index is 11.0. The van der Waals surface area contributed by atoms with Gasteiger partial charge in [0, 0.05) is 12.5 Å². The van der Waals surface area contributed by atoms with Gasteiger partial charge in [-0.2, -0.15) is 0 Å². The Morgan fingerprint density at radius 2 is 1.74 bits per heavy atom. The zero-order chi connectivity index (χ0) is 17.0. The first-order valence-corrected chi connectivity index (χ1v) is 7.68. The van der Waals surface area contributed by atoms with E-state index in [1.54, 1.807) is 0 Å². The van der Waals surface area contributed by atoms with Crippen LogP contribution in [0.3, 0.4) is 0 Å². The standard InChI is InChI=1S/C19H24N2O2/c1-19(2,3)14-7-9-15(10-8-14)23-16-6-4-5-13(11-16)17(20)12-18(21)22/h4-11,17H,12,20H2,1-3H3,(H2,21,22). The van der Waals surface area contributed by atoms with E-state index in [9.17, 15) is 4.79 Å². The fourth-order valence-corrected chi connectivity index (χ4v) is 2.30. The van der Waals surface area contributed by atoms with E-state index in [2.05, 4.69) is 32.9 Å². The third-order valence-corrected chi connectivity index (χ3v) is 3.66. The van der Waals surface area contributed by atoms with E-state index < -0.39 is 11.9 Å². The van der Waals surface area contributed by atoms with Crippen molar-refractivity contribution in [3.8, 4) is 11.5 Å². The molecule has 1 atom stereocenters. The van der Waals surface area contributed by atoms with Crippen LogP contribution in [-0.4, -0.2) is 5.91 Å². The largest absolute Gasteiger partial charge is 0.457 e. The van der Waals surface area contributed by atoms with Crippen molar-refractivity contribution in [1.82, 2.24) is 0 Å². The van der Waals surface area contributed by atoms with Crippen LogP contribution in [-0.2, 0) is 10.2 Å². The molecule has 0 fully saturated rings. The summed E-state index contributed by atoms with van der Waals surface area (Å²) < 4.78 is 5.87. The predicted molar refractivity (Wildman–Crippen MR) is 92.4 cm³/mol. The molecule has 0 heterocycles. The number of ether oxygens (including phenoxy) is 1. The maximum Gasteiger partial charge on any atom is 0.219 e. The molecule has 1 unspecified atom stereocenters. The topological polar surface area (TPSA) is 78.3 Å². The number of amides is 1. The molecular weight excluding hydrogens is 288 g/mol. The molecule has 0 aliphatic heterocycles. The molecule has 2 aromatic rings. The lowest BCUT2D eigenvalue weighted by atomic mass is 9.87. The Hall–Kier alpha value is -2.33. The van der Waals surface area contributed by atoms with Gasteiger partial charge in [0.1, 0.15) is 11.5 Å². The minimum absolute atomic E-state index is 0.111. The van der Waals surface area contributed by atoms with Crippen molar-refractivity contribution in [2.75, 3.05) is 0 Å². The molecule has 2 aromatic carbocycles. The highest BCUT2D eigenvalue weighted by molar-refractivity contribution is 5.74. The average molecular weight is 312 g/mol. The highest BCUT2D eigenvalue weighted by Gasteiger charge is 2.13. The number of hydrogen-bond donors (Lipinski definition) is 2. The number of benzene rings is 2. The van der Waals surface area contributed by atoms with Gasteiger partial charge >= 0.3 is 0 Å². The number of carbonyl (C=O) groups is 1. The molecule has 0 radical (unpaired) electrons. The van der Waals surface area contributed by atoms with Gasteiger partial charge in [-0.25, -0.2) is 0 Å². The molecule has 122 valence electrons. The first-order chi connectivity index (χ1) is 10.8.